The molecule has 0 aliphatic carbocycles. The van der Waals surface area contributed by atoms with Gasteiger partial charge in [0.15, 0.2) is 11.8 Å². The molecule has 0 saturated heterocycles. The number of carbonyl (C=O) groups excluding carboxylic acids is 1. The molecule has 0 bridgehead atoms. The summed E-state index contributed by atoms with van der Waals surface area (Å²) in [5.41, 5.74) is 5.89. The molecule has 5 rings (SSSR count). The zero-order valence-corrected chi connectivity index (χ0v) is 24.5. The van der Waals surface area contributed by atoms with E-state index >= 15 is 0 Å². The first kappa shape index (κ1) is 29.7. The number of hydrogen-bond acceptors (Lipinski definition) is 8. The van der Waals surface area contributed by atoms with Crippen molar-refractivity contribution in [3.63, 3.8) is 0 Å². The van der Waals surface area contributed by atoms with Crippen LogP contribution >= 0.6 is 35.0 Å². The summed E-state index contributed by atoms with van der Waals surface area (Å²) in [7, 11) is 0. The number of nitrogens with one attached hydrogen (secondary N) is 1. The van der Waals surface area contributed by atoms with Crippen molar-refractivity contribution in [2.75, 3.05) is 6.61 Å². The highest BCUT2D eigenvalue weighted by Gasteiger charge is 2.15. The van der Waals surface area contributed by atoms with E-state index in [1.165, 1.54) is 36.2 Å². The van der Waals surface area contributed by atoms with Crippen molar-refractivity contribution in [2.24, 2.45) is 5.10 Å². The first-order valence-corrected chi connectivity index (χ1v) is 14.3. The summed E-state index contributed by atoms with van der Waals surface area (Å²) in [5, 5.41) is 16.6. The van der Waals surface area contributed by atoms with Crippen LogP contribution in [0, 0.1) is 10.1 Å². The van der Waals surface area contributed by atoms with E-state index in [2.05, 4.69) is 10.5 Å². The third-order valence-electron chi connectivity index (χ3n) is 5.90. The van der Waals surface area contributed by atoms with Gasteiger partial charge in [-0.3, -0.25) is 14.9 Å². The van der Waals surface area contributed by atoms with E-state index in [0.717, 1.165) is 22.5 Å². The summed E-state index contributed by atoms with van der Waals surface area (Å²) < 4.78 is 5.42. The molecule has 5 aromatic rings. The van der Waals surface area contributed by atoms with Gasteiger partial charge in [0.2, 0.25) is 0 Å². The molecule has 4 aromatic carbocycles. The monoisotopic (exact) mass is 629 g/mol. The lowest BCUT2D eigenvalue weighted by Crippen LogP contribution is -2.24. The Morgan fingerprint density at radius 3 is 2.16 bits per heavy atom. The van der Waals surface area contributed by atoms with Gasteiger partial charge in [0.1, 0.15) is 5.75 Å². The normalized spacial score (nSPS) is 10.9. The molecular formula is C31H21Cl2N5O4S. The minimum atomic E-state index is -0.562. The minimum absolute atomic E-state index is 0.137. The second-order valence-electron chi connectivity index (χ2n) is 8.89. The highest BCUT2D eigenvalue weighted by atomic mass is 35.5. The molecule has 43 heavy (non-hydrogen) atoms. The Labute approximate surface area is 260 Å². The van der Waals surface area contributed by atoms with Crippen LogP contribution in [0.1, 0.15) is 5.56 Å². The standard InChI is InChI=1S/C31H21Cl2N5O4S/c32-23-11-13-28(25(33)16-23)42-19-30(39)37-34-18-22-15-24(38(40)41)12-14-29(22)43-31-35-26(20-7-3-1-4-8-20)17-27(36-31)21-9-5-2-6-10-21/h1-18H,19H2,(H,37,39)/b34-18+. The number of benzene rings is 4. The molecule has 1 heterocycles. The highest BCUT2D eigenvalue weighted by molar-refractivity contribution is 7.99. The number of hydrazone groups is 1. The Hall–Kier alpha value is -4.77. The lowest BCUT2D eigenvalue weighted by atomic mass is 10.1. The van der Waals surface area contributed by atoms with Gasteiger partial charge in [-0.05, 0) is 42.1 Å². The van der Waals surface area contributed by atoms with E-state index in [1.807, 2.05) is 66.7 Å². The van der Waals surface area contributed by atoms with Gasteiger partial charge in [-0.25, -0.2) is 15.4 Å². The van der Waals surface area contributed by atoms with Crippen molar-refractivity contribution < 1.29 is 14.5 Å². The third-order valence-corrected chi connectivity index (χ3v) is 7.38. The fourth-order valence-electron chi connectivity index (χ4n) is 3.87. The van der Waals surface area contributed by atoms with Crippen LogP contribution in [-0.2, 0) is 4.79 Å². The van der Waals surface area contributed by atoms with Crippen molar-refractivity contribution in [2.45, 2.75) is 10.1 Å². The molecular weight excluding hydrogens is 609 g/mol. The van der Waals surface area contributed by atoms with Crippen LogP contribution in [0.4, 0.5) is 5.69 Å². The minimum Gasteiger partial charge on any atom is -0.482 e. The summed E-state index contributed by atoms with van der Waals surface area (Å²) in [6.45, 7) is -0.363. The smallest absolute Gasteiger partial charge is 0.277 e. The molecule has 0 aliphatic rings. The predicted molar refractivity (Wildman–Crippen MR) is 168 cm³/mol. The Bertz CT molecular complexity index is 1750. The third kappa shape index (κ3) is 7.95. The number of halogens is 2. The molecule has 0 fully saturated rings. The quantitative estimate of drug-likeness (QED) is 0.0727. The van der Waals surface area contributed by atoms with Crippen molar-refractivity contribution >= 4 is 52.8 Å². The van der Waals surface area contributed by atoms with Gasteiger partial charge in [-0.2, -0.15) is 5.10 Å². The molecule has 0 atom stereocenters. The van der Waals surface area contributed by atoms with Crippen LogP contribution in [0.5, 0.6) is 5.75 Å². The lowest BCUT2D eigenvalue weighted by molar-refractivity contribution is -0.384. The number of hydrogen-bond donors (Lipinski definition) is 1. The Morgan fingerprint density at radius 2 is 1.56 bits per heavy atom. The summed E-state index contributed by atoms with van der Waals surface area (Å²) in [4.78, 5) is 33.4. The first-order valence-electron chi connectivity index (χ1n) is 12.7. The largest absolute Gasteiger partial charge is 0.482 e. The zero-order valence-electron chi connectivity index (χ0n) is 22.2. The summed E-state index contributed by atoms with van der Waals surface area (Å²) >= 11 is 13.2. The van der Waals surface area contributed by atoms with Crippen molar-refractivity contribution in [1.29, 1.82) is 0 Å². The maximum Gasteiger partial charge on any atom is 0.277 e. The lowest BCUT2D eigenvalue weighted by Gasteiger charge is -2.10. The molecule has 9 nitrogen and oxygen atoms in total. The number of non-ortho nitro benzene ring substituents is 1. The number of nitro groups is 1. The SMILES string of the molecule is O=C(COc1ccc(Cl)cc1Cl)N/N=C/c1cc([N+](=O)[O-])ccc1Sc1nc(-c2ccccc2)cc(-c2ccccc2)n1. The number of amides is 1. The number of aromatic nitrogens is 2. The van der Waals surface area contributed by atoms with E-state index in [9.17, 15) is 14.9 Å². The number of rotatable bonds is 10. The van der Waals surface area contributed by atoms with E-state index in [0.29, 0.717) is 20.6 Å². The maximum atomic E-state index is 12.3. The Morgan fingerprint density at radius 1 is 0.907 bits per heavy atom. The summed E-state index contributed by atoms with van der Waals surface area (Å²) in [5.74, 6) is -0.275. The molecule has 0 aliphatic heterocycles. The van der Waals surface area contributed by atoms with Gasteiger partial charge >= 0.3 is 0 Å². The average molecular weight is 631 g/mol. The second kappa shape index (κ2) is 13.9. The maximum absolute atomic E-state index is 12.3. The summed E-state index contributed by atoms with van der Waals surface area (Å²) in [6, 6.07) is 30.3. The van der Waals surface area contributed by atoms with E-state index in [1.54, 1.807) is 18.2 Å². The number of nitrogens with zero attached hydrogens (tertiary/aromatic N) is 4. The number of nitro benzene ring substituents is 1. The van der Waals surface area contributed by atoms with Crippen LogP contribution in [0.3, 0.4) is 0 Å². The predicted octanol–water partition coefficient (Wildman–Crippen LogP) is 7.71. The van der Waals surface area contributed by atoms with Gasteiger partial charge in [0.25, 0.3) is 11.6 Å². The van der Waals surface area contributed by atoms with E-state index < -0.39 is 10.8 Å². The first-order chi connectivity index (χ1) is 20.9. The number of ether oxygens (including phenoxy) is 1. The number of carbonyl (C=O) groups is 1. The van der Waals surface area contributed by atoms with E-state index in [4.69, 9.17) is 37.9 Å². The zero-order chi connectivity index (χ0) is 30.2. The van der Waals surface area contributed by atoms with Gasteiger partial charge in [0, 0.05) is 38.7 Å². The van der Waals surface area contributed by atoms with E-state index in [-0.39, 0.29) is 23.1 Å². The molecule has 0 radical (unpaired) electrons. The summed E-state index contributed by atoms with van der Waals surface area (Å²) in [6.07, 6.45) is 1.32. The molecule has 214 valence electrons. The fourth-order valence-corrected chi connectivity index (χ4v) is 5.18. The molecule has 0 unspecified atom stereocenters. The van der Waals surface area contributed by atoms with Gasteiger partial charge in [-0.15, -0.1) is 0 Å². The Kier molecular flexibility index (Phi) is 9.63. The topological polar surface area (TPSA) is 120 Å². The average Bonchev–Trinajstić information content (AvgIpc) is 3.02. The fraction of sp³-hybridized carbons (Fsp3) is 0.0323. The van der Waals surface area contributed by atoms with Crippen LogP contribution in [0.25, 0.3) is 22.5 Å². The van der Waals surface area contributed by atoms with Crippen molar-refractivity contribution in [3.8, 4) is 28.3 Å². The molecule has 0 spiro atoms. The van der Waals surface area contributed by atoms with Crippen LogP contribution in [0.15, 0.2) is 118 Å². The van der Waals surface area contributed by atoms with Crippen LogP contribution in [0.2, 0.25) is 10.0 Å². The molecule has 12 heteroatoms. The molecule has 1 aromatic heterocycles. The van der Waals surface area contributed by atoms with Gasteiger partial charge < -0.3 is 4.74 Å². The van der Waals surface area contributed by atoms with Gasteiger partial charge in [0.05, 0.1) is 27.5 Å². The van der Waals surface area contributed by atoms with Crippen LogP contribution < -0.4 is 10.2 Å². The highest BCUT2D eigenvalue weighted by Crippen LogP contribution is 2.33. The van der Waals surface area contributed by atoms with Crippen molar-refractivity contribution in [3.05, 3.63) is 129 Å². The van der Waals surface area contributed by atoms with Gasteiger partial charge in [-0.1, -0.05) is 83.9 Å². The second-order valence-corrected chi connectivity index (χ2v) is 10.7. The Balaban J connectivity index is 1.39. The molecule has 1 amide bonds. The van der Waals surface area contributed by atoms with Crippen molar-refractivity contribution in [1.82, 2.24) is 15.4 Å². The molecule has 0 saturated carbocycles. The van der Waals surface area contributed by atoms with Crippen LogP contribution in [-0.4, -0.2) is 33.6 Å². The molecule has 1 N–H and O–H groups in total.